The van der Waals surface area contributed by atoms with Gasteiger partial charge in [0, 0.05) is 43.7 Å². The van der Waals surface area contributed by atoms with Gasteiger partial charge in [0.1, 0.15) is 22.3 Å². The van der Waals surface area contributed by atoms with Gasteiger partial charge in [0.2, 0.25) is 0 Å². The van der Waals surface area contributed by atoms with Crippen LogP contribution in [0.4, 0.5) is 0 Å². The van der Waals surface area contributed by atoms with Crippen molar-refractivity contribution in [1.29, 1.82) is 0 Å². The van der Waals surface area contributed by atoms with Crippen LogP contribution in [0.1, 0.15) is 25.3 Å². The quantitative estimate of drug-likeness (QED) is 0.165. The van der Waals surface area contributed by atoms with Crippen LogP contribution in [-0.2, 0) is 6.42 Å². The number of aryl methyl sites for hydroxylation is 1. The molecule has 7 aromatic carbocycles. The fraction of sp³-hybridized carbons (Fsp3) is 0.0816. The molecule has 55 heavy (non-hydrogen) atoms. The van der Waals surface area contributed by atoms with Crippen molar-refractivity contribution in [2.24, 2.45) is 0 Å². The maximum Gasteiger partial charge on any atom is 0.167 e. The molecule has 0 amide bonds. The molecule has 11 aromatic rings. The lowest BCUT2D eigenvalue weighted by Crippen LogP contribution is -2.00. The number of benzene rings is 7. The molecule has 0 aliphatic carbocycles. The summed E-state index contributed by atoms with van der Waals surface area (Å²) in [5, 5.41) is 6.61. The molecule has 0 aliphatic heterocycles. The molecule has 6 nitrogen and oxygen atoms in total. The van der Waals surface area contributed by atoms with Crippen molar-refractivity contribution >= 4 is 65.7 Å². The molecule has 0 unspecified atom stereocenters. The second-order valence-electron chi connectivity index (χ2n) is 14.2. The van der Waals surface area contributed by atoms with Gasteiger partial charge in [-0.3, -0.25) is 0 Å². The van der Waals surface area contributed by atoms with Crippen LogP contribution in [0, 0.1) is 0 Å². The molecule has 0 spiro atoms. The van der Waals surface area contributed by atoms with E-state index in [-0.39, 0.29) is 0 Å². The standard InChI is InChI=1S/C49H34N4O2/c1-2-3-12-30-21-23-32(24-22-30)48-50-47(31-13-5-4-6-14-31)51-49(52-48)38-18-11-17-36-39-29-33(25-27-42(39)55-46(36)38)53-40-19-9-7-15-34(40)35-26-28-43-44(45(35)53)37-16-8-10-20-41(37)54-43/h4-11,13-29H,2-3,12H2,1H3. The number of hydrogen-bond donors (Lipinski definition) is 0. The van der Waals surface area contributed by atoms with Gasteiger partial charge in [0.25, 0.3) is 0 Å². The SMILES string of the molecule is CCCCc1ccc(-c2nc(-c3ccccc3)nc(-c3cccc4c3oc3ccc(-n5c6ccccc6c6ccc7oc8ccccc8c7c65)cc34)n2)cc1. The molecule has 11 rings (SSSR count). The number of furan rings is 2. The molecular weight excluding hydrogens is 677 g/mol. The van der Waals surface area contributed by atoms with Gasteiger partial charge in [-0.25, -0.2) is 15.0 Å². The van der Waals surface area contributed by atoms with Gasteiger partial charge in [0.15, 0.2) is 17.5 Å². The molecule has 0 radical (unpaired) electrons. The zero-order valence-corrected chi connectivity index (χ0v) is 30.2. The lowest BCUT2D eigenvalue weighted by Gasteiger charge is -2.09. The highest BCUT2D eigenvalue weighted by atomic mass is 16.3. The lowest BCUT2D eigenvalue weighted by molar-refractivity contribution is 0.668. The predicted molar refractivity (Wildman–Crippen MR) is 224 cm³/mol. The van der Waals surface area contributed by atoms with E-state index in [1.807, 2.05) is 48.5 Å². The van der Waals surface area contributed by atoms with E-state index in [1.165, 1.54) is 29.2 Å². The summed E-state index contributed by atoms with van der Waals surface area (Å²) in [6.45, 7) is 2.22. The molecule has 0 bridgehead atoms. The molecular formula is C49H34N4O2. The number of unbranched alkanes of at least 4 members (excludes halogenated alkanes) is 1. The molecule has 6 heteroatoms. The number of para-hydroxylation sites is 3. The van der Waals surface area contributed by atoms with Crippen molar-refractivity contribution in [3.63, 3.8) is 0 Å². The zero-order chi connectivity index (χ0) is 36.5. The van der Waals surface area contributed by atoms with Gasteiger partial charge >= 0.3 is 0 Å². The van der Waals surface area contributed by atoms with E-state index < -0.39 is 0 Å². The van der Waals surface area contributed by atoms with Crippen molar-refractivity contribution in [1.82, 2.24) is 19.5 Å². The van der Waals surface area contributed by atoms with Gasteiger partial charge in [0.05, 0.1) is 22.0 Å². The summed E-state index contributed by atoms with van der Waals surface area (Å²) in [7, 11) is 0. The topological polar surface area (TPSA) is 69.9 Å². The summed E-state index contributed by atoms with van der Waals surface area (Å²) >= 11 is 0. The monoisotopic (exact) mass is 710 g/mol. The van der Waals surface area contributed by atoms with Crippen LogP contribution in [0.2, 0.25) is 0 Å². The molecule has 4 heterocycles. The highest BCUT2D eigenvalue weighted by Gasteiger charge is 2.21. The lowest BCUT2D eigenvalue weighted by atomic mass is 10.1. The van der Waals surface area contributed by atoms with Gasteiger partial charge in [-0.2, -0.15) is 0 Å². The third-order valence-electron chi connectivity index (χ3n) is 10.9. The van der Waals surface area contributed by atoms with Gasteiger partial charge < -0.3 is 13.4 Å². The summed E-state index contributed by atoms with van der Waals surface area (Å²) < 4.78 is 15.5. The van der Waals surface area contributed by atoms with Crippen LogP contribution in [-0.4, -0.2) is 19.5 Å². The number of nitrogens with zero attached hydrogens (tertiary/aromatic N) is 4. The van der Waals surface area contributed by atoms with E-state index in [4.69, 9.17) is 23.8 Å². The summed E-state index contributed by atoms with van der Waals surface area (Å²) in [6.07, 6.45) is 3.39. The molecule has 262 valence electrons. The second kappa shape index (κ2) is 12.5. The third-order valence-corrected chi connectivity index (χ3v) is 10.9. The molecule has 0 fully saturated rings. The van der Waals surface area contributed by atoms with E-state index in [0.29, 0.717) is 17.5 Å². The Morgan fingerprint density at radius 2 is 1.20 bits per heavy atom. The summed E-state index contributed by atoms with van der Waals surface area (Å²) in [5.41, 5.74) is 10.6. The molecule has 0 N–H and O–H groups in total. The number of aromatic nitrogens is 4. The first-order chi connectivity index (χ1) is 27.2. The van der Waals surface area contributed by atoms with Gasteiger partial charge in [-0.1, -0.05) is 116 Å². The Labute approximate surface area is 316 Å². The highest BCUT2D eigenvalue weighted by molar-refractivity contribution is 6.24. The summed E-state index contributed by atoms with van der Waals surface area (Å²) in [6, 6.07) is 52.6. The maximum atomic E-state index is 6.72. The average Bonchev–Trinajstić information content (AvgIpc) is 3.92. The fourth-order valence-electron chi connectivity index (χ4n) is 8.18. The minimum absolute atomic E-state index is 0.570. The van der Waals surface area contributed by atoms with Crippen LogP contribution in [0.15, 0.2) is 160 Å². The zero-order valence-electron chi connectivity index (χ0n) is 30.2. The first-order valence-electron chi connectivity index (χ1n) is 18.9. The Morgan fingerprint density at radius 3 is 2.04 bits per heavy atom. The van der Waals surface area contributed by atoms with Crippen molar-refractivity contribution < 1.29 is 8.83 Å². The van der Waals surface area contributed by atoms with Crippen molar-refractivity contribution in [3.05, 3.63) is 157 Å². The van der Waals surface area contributed by atoms with Gasteiger partial charge in [-0.05, 0) is 66.9 Å². The van der Waals surface area contributed by atoms with E-state index in [1.54, 1.807) is 0 Å². The first-order valence-corrected chi connectivity index (χ1v) is 18.9. The summed E-state index contributed by atoms with van der Waals surface area (Å²) in [5.74, 6) is 1.82. The van der Waals surface area contributed by atoms with Crippen LogP contribution in [0.5, 0.6) is 0 Å². The normalized spacial score (nSPS) is 11.9. The van der Waals surface area contributed by atoms with E-state index >= 15 is 0 Å². The average molecular weight is 711 g/mol. The van der Waals surface area contributed by atoms with Crippen molar-refractivity contribution in [2.45, 2.75) is 26.2 Å². The summed E-state index contributed by atoms with van der Waals surface area (Å²) in [4.78, 5) is 15.1. The van der Waals surface area contributed by atoms with Crippen LogP contribution >= 0.6 is 0 Å². The van der Waals surface area contributed by atoms with E-state index in [0.717, 1.165) is 83.7 Å². The molecule has 4 aromatic heterocycles. The molecule has 0 atom stereocenters. The Balaban J connectivity index is 1.11. The Bertz CT molecular complexity index is 3240. The largest absolute Gasteiger partial charge is 0.456 e. The van der Waals surface area contributed by atoms with Crippen LogP contribution in [0.25, 0.3) is 106 Å². The molecule has 0 aliphatic rings. The van der Waals surface area contributed by atoms with E-state index in [9.17, 15) is 0 Å². The second-order valence-corrected chi connectivity index (χ2v) is 14.2. The number of hydrogen-bond acceptors (Lipinski definition) is 5. The third kappa shape index (κ3) is 5.06. The highest BCUT2D eigenvalue weighted by Crippen LogP contribution is 2.42. The number of fused-ring (bicyclic) bond motifs is 10. The minimum Gasteiger partial charge on any atom is -0.456 e. The Morgan fingerprint density at radius 1 is 0.509 bits per heavy atom. The van der Waals surface area contributed by atoms with Crippen LogP contribution < -0.4 is 0 Å². The Hall–Kier alpha value is -7.05. The van der Waals surface area contributed by atoms with Crippen LogP contribution in [0.3, 0.4) is 0 Å². The predicted octanol–water partition coefficient (Wildman–Crippen LogP) is 13.1. The maximum absolute atomic E-state index is 6.72. The van der Waals surface area contributed by atoms with Crippen molar-refractivity contribution in [3.8, 4) is 39.9 Å². The smallest absolute Gasteiger partial charge is 0.167 e. The van der Waals surface area contributed by atoms with Crippen molar-refractivity contribution in [2.75, 3.05) is 0 Å². The number of rotatable bonds is 7. The first kappa shape index (κ1) is 31.5. The fourth-order valence-corrected chi connectivity index (χ4v) is 8.18. The molecule has 0 saturated carbocycles. The Kier molecular flexibility index (Phi) is 7.17. The van der Waals surface area contributed by atoms with E-state index in [2.05, 4.69) is 115 Å². The molecule has 0 saturated heterocycles. The minimum atomic E-state index is 0.570. The van der Waals surface area contributed by atoms with Gasteiger partial charge in [-0.15, -0.1) is 0 Å².